The average molecular weight is 366 g/mol. The largest absolute Gasteiger partial charge is 0.355 e. The molecule has 0 radical (unpaired) electrons. The number of fused-ring (bicyclic) bond motifs is 1. The number of hydrogen-bond acceptors (Lipinski definition) is 6. The van der Waals surface area contributed by atoms with Gasteiger partial charge in [0.15, 0.2) is 9.84 Å². The van der Waals surface area contributed by atoms with Gasteiger partial charge in [-0.25, -0.2) is 18.4 Å². The van der Waals surface area contributed by atoms with Gasteiger partial charge in [-0.05, 0) is 45.2 Å². The molecule has 1 aromatic heterocycles. The number of rotatable bonds is 6. The topological polar surface area (TPSA) is 92.3 Å². The van der Waals surface area contributed by atoms with Crippen LogP contribution in [0, 0.1) is 6.92 Å². The van der Waals surface area contributed by atoms with Crippen molar-refractivity contribution in [1.82, 2.24) is 20.2 Å². The third-order valence-corrected chi connectivity index (χ3v) is 6.83. The van der Waals surface area contributed by atoms with Gasteiger partial charge in [0.1, 0.15) is 5.82 Å². The maximum absolute atomic E-state index is 12.1. The number of sulfone groups is 1. The first-order valence-electron chi connectivity index (χ1n) is 8.87. The van der Waals surface area contributed by atoms with Crippen LogP contribution in [-0.2, 0) is 33.9 Å². The fourth-order valence-electron chi connectivity index (χ4n) is 3.64. The van der Waals surface area contributed by atoms with E-state index in [0.29, 0.717) is 19.4 Å². The molecule has 138 valence electrons. The summed E-state index contributed by atoms with van der Waals surface area (Å²) in [5.41, 5.74) is 3.52. The number of aromatic nitrogens is 2. The second-order valence-electron chi connectivity index (χ2n) is 7.08. The lowest BCUT2D eigenvalue weighted by atomic mass is 10.2. The van der Waals surface area contributed by atoms with Crippen molar-refractivity contribution in [3.05, 3.63) is 22.8 Å². The van der Waals surface area contributed by atoms with Crippen LogP contribution in [-0.4, -0.2) is 66.9 Å². The van der Waals surface area contributed by atoms with Crippen LogP contribution in [0.2, 0.25) is 0 Å². The van der Waals surface area contributed by atoms with Crippen molar-refractivity contribution in [1.29, 1.82) is 0 Å². The molecule has 1 atom stereocenters. The summed E-state index contributed by atoms with van der Waals surface area (Å²) in [5, 5.41) is 2.88. The number of amides is 1. The van der Waals surface area contributed by atoms with Crippen LogP contribution >= 0.6 is 0 Å². The highest BCUT2D eigenvalue weighted by atomic mass is 32.2. The quantitative estimate of drug-likeness (QED) is 0.765. The highest BCUT2D eigenvalue weighted by Gasteiger charge is 2.31. The van der Waals surface area contributed by atoms with Gasteiger partial charge in [-0.15, -0.1) is 0 Å². The number of nitrogens with zero attached hydrogens (tertiary/aromatic N) is 3. The molecular weight excluding hydrogens is 340 g/mol. The summed E-state index contributed by atoms with van der Waals surface area (Å²) in [6.45, 7) is 2.73. The molecule has 3 rings (SSSR count). The number of likely N-dealkylation sites (N-methyl/N-ethyl adjacent to an activating group) is 1. The van der Waals surface area contributed by atoms with Gasteiger partial charge in [-0.3, -0.25) is 9.69 Å². The van der Waals surface area contributed by atoms with Crippen molar-refractivity contribution < 1.29 is 13.2 Å². The summed E-state index contributed by atoms with van der Waals surface area (Å²) in [6, 6.07) is -0.0570. The van der Waals surface area contributed by atoms with Gasteiger partial charge < -0.3 is 5.32 Å². The molecule has 7 nitrogen and oxygen atoms in total. The smallest absolute Gasteiger partial charge is 0.234 e. The Hall–Kier alpha value is -1.54. The first-order chi connectivity index (χ1) is 11.8. The van der Waals surface area contributed by atoms with Gasteiger partial charge >= 0.3 is 0 Å². The van der Waals surface area contributed by atoms with E-state index >= 15 is 0 Å². The van der Waals surface area contributed by atoms with E-state index in [1.54, 1.807) is 7.05 Å². The molecule has 2 heterocycles. The van der Waals surface area contributed by atoms with Gasteiger partial charge in [-0.2, -0.15) is 0 Å². The van der Waals surface area contributed by atoms with Crippen molar-refractivity contribution in [2.75, 3.05) is 31.6 Å². The predicted molar refractivity (Wildman–Crippen MR) is 95.2 cm³/mol. The molecule has 1 aromatic rings. The molecule has 25 heavy (non-hydrogen) atoms. The number of nitrogens with one attached hydrogen (secondary N) is 1. The van der Waals surface area contributed by atoms with Crippen LogP contribution in [0.15, 0.2) is 0 Å². The van der Waals surface area contributed by atoms with E-state index in [4.69, 9.17) is 0 Å². The second kappa shape index (κ2) is 7.37. The zero-order chi connectivity index (χ0) is 18.0. The summed E-state index contributed by atoms with van der Waals surface area (Å²) in [7, 11) is -1.12. The standard InChI is InChI=1S/C17H26N4O3S/c1-12-14-4-3-5-15(14)20-16(19-12)6-8-18-17(22)10-21(2)13-7-9-25(23,24)11-13/h13H,3-11H2,1-2H3,(H,18,22)/t13-/m1/s1. The molecule has 8 heteroatoms. The van der Waals surface area contributed by atoms with Gasteiger partial charge in [0.05, 0.1) is 18.1 Å². The molecule has 1 aliphatic heterocycles. The number of carbonyl (C=O) groups excluding carboxylic acids is 1. The third-order valence-electron chi connectivity index (χ3n) is 5.08. The molecule has 0 unspecified atom stereocenters. The minimum atomic E-state index is -2.93. The Kier molecular flexibility index (Phi) is 5.38. The lowest BCUT2D eigenvalue weighted by Gasteiger charge is -2.22. The lowest BCUT2D eigenvalue weighted by Crippen LogP contribution is -2.41. The Morgan fingerprint density at radius 3 is 2.84 bits per heavy atom. The fourth-order valence-corrected chi connectivity index (χ4v) is 5.45. The normalized spacial score (nSPS) is 21.5. The van der Waals surface area contributed by atoms with E-state index in [1.165, 1.54) is 5.56 Å². The number of carbonyl (C=O) groups is 1. The Balaban J connectivity index is 1.45. The maximum Gasteiger partial charge on any atom is 0.234 e. The van der Waals surface area contributed by atoms with E-state index < -0.39 is 9.84 Å². The molecule has 0 aromatic carbocycles. The first kappa shape index (κ1) is 18.3. The van der Waals surface area contributed by atoms with E-state index in [2.05, 4.69) is 15.3 Å². The third kappa shape index (κ3) is 4.55. The second-order valence-corrected chi connectivity index (χ2v) is 9.30. The van der Waals surface area contributed by atoms with Crippen LogP contribution in [0.4, 0.5) is 0 Å². The zero-order valence-electron chi connectivity index (χ0n) is 14.9. The molecular formula is C17H26N4O3S. The van der Waals surface area contributed by atoms with Crippen molar-refractivity contribution in [2.45, 2.75) is 45.1 Å². The van der Waals surface area contributed by atoms with Crippen LogP contribution in [0.5, 0.6) is 0 Å². The van der Waals surface area contributed by atoms with Crippen molar-refractivity contribution in [3.63, 3.8) is 0 Å². The Bertz CT molecular complexity index is 763. The molecule has 1 saturated heterocycles. The van der Waals surface area contributed by atoms with Gasteiger partial charge in [-0.1, -0.05) is 0 Å². The highest BCUT2D eigenvalue weighted by molar-refractivity contribution is 7.91. The van der Waals surface area contributed by atoms with Gasteiger partial charge in [0, 0.05) is 30.4 Å². The summed E-state index contributed by atoms with van der Waals surface area (Å²) in [5.74, 6) is 1.07. The highest BCUT2D eigenvalue weighted by Crippen LogP contribution is 2.22. The molecule has 1 amide bonds. The maximum atomic E-state index is 12.1. The molecule has 0 spiro atoms. The molecule has 2 aliphatic rings. The van der Waals surface area contributed by atoms with E-state index in [1.807, 2.05) is 11.8 Å². The minimum absolute atomic E-state index is 0.0570. The molecule has 1 aliphatic carbocycles. The van der Waals surface area contributed by atoms with Gasteiger partial charge in [0.25, 0.3) is 0 Å². The first-order valence-corrected chi connectivity index (χ1v) is 10.7. The van der Waals surface area contributed by atoms with Crippen molar-refractivity contribution >= 4 is 15.7 Å². The van der Waals surface area contributed by atoms with Crippen molar-refractivity contribution in [3.8, 4) is 0 Å². The molecule has 1 fully saturated rings. The lowest BCUT2D eigenvalue weighted by molar-refractivity contribution is -0.122. The summed E-state index contributed by atoms with van der Waals surface area (Å²) >= 11 is 0. The Morgan fingerprint density at radius 2 is 2.12 bits per heavy atom. The number of hydrogen-bond donors (Lipinski definition) is 1. The zero-order valence-corrected chi connectivity index (χ0v) is 15.7. The Morgan fingerprint density at radius 1 is 1.32 bits per heavy atom. The predicted octanol–water partition coefficient (Wildman–Crippen LogP) is 0.0513. The summed E-state index contributed by atoms with van der Waals surface area (Å²) in [6.07, 6.45) is 4.46. The SMILES string of the molecule is Cc1nc(CCNC(=O)CN(C)[C@@H]2CCS(=O)(=O)C2)nc2c1CCC2. The summed E-state index contributed by atoms with van der Waals surface area (Å²) in [4.78, 5) is 23.1. The van der Waals surface area contributed by atoms with Crippen LogP contribution in [0.1, 0.15) is 35.6 Å². The van der Waals surface area contributed by atoms with Gasteiger partial charge in [0.2, 0.25) is 5.91 Å². The van der Waals surface area contributed by atoms with Crippen molar-refractivity contribution in [2.24, 2.45) is 0 Å². The monoisotopic (exact) mass is 366 g/mol. The van der Waals surface area contributed by atoms with Crippen LogP contribution in [0.3, 0.4) is 0 Å². The molecule has 0 bridgehead atoms. The fraction of sp³-hybridized carbons (Fsp3) is 0.706. The molecule has 1 N–H and O–H groups in total. The van der Waals surface area contributed by atoms with E-state index in [9.17, 15) is 13.2 Å². The average Bonchev–Trinajstić information content (AvgIpc) is 3.13. The number of aryl methyl sites for hydroxylation is 2. The Labute approximate surface area is 149 Å². The van der Waals surface area contributed by atoms with Crippen LogP contribution < -0.4 is 5.32 Å². The minimum Gasteiger partial charge on any atom is -0.355 e. The van der Waals surface area contributed by atoms with E-state index in [-0.39, 0.29) is 30.0 Å². The van der Waals surface area contributed by atoms with Crippen LogP contribution in [0.25, 0.3) is 0 Å². The molecule has 0 saturated carbocycles. The van der Waals surface area contributed by atoms with E-state index in [0.717, 1.165) is 36.5 Å². The summed E-state index contributed by atoms with van der Waals surface area (Å²) < 4.78 is 23.1.